The fraction of sp³-hybridized carbons (Fsp3) is 0.250. The summed E-state index contributed by atoms with van der Waals surface area (Å²) in [5.74, 6) is 0.512. The summed E-state index contributed by atoms with van der Waals surface area (Å²) in [5, 5.41) is 8.95. The van der Waals surface area contributed by atoms with E-state index in [1.807, 2.05) is 60.8 Å². The zero-order valence-electron chi connectivity index (χ0n) is 14.8. The van der Waals surface area contributed by atoms with Crippen molar-refractivity contribution in [3.63, 3.8) is 0 Å². The predicted octanol–water partition coefficient (Wildman–Crippen LogP) is 3.60. The number of hydrogen-bond donors (Lipinski definition) is 0. The van der Waals surface area contributed by atoms with Crippen LogP contribution in [0.5, 0.6) is 5.75 Å². The zero-order chi connectivity index (χ0) is 18.5. The van der Waals surface area contributed by atoms with Crippen molar-refractivity contribution in [2.75, 3.05) is 18.1 Å². The van der Waals surface area contributed by atoms with Crippen molar-refractivity contribution >= 4 is 17.2 Å². The maximum absolute atomic E-state index is 13.0. The number of imidazole rings is 1. The number of nitrogens with zero attached hydrogens (tertiary/aromatic N) is 4. The fourth-order valence-electron chi connectivity index (χ4n) is 2.72. The maximum Gasteiger partial charge on any atom is 0.278 e. The van der Waals surface area contributed by atoms with Gasteiger partial charge in [-0.3, -0.25) is 4.79 Å². The topological polar surface area (TPSA) is 70.6 Å². The van der Waals surface area contributed by atoms with Crippen LogP contribution in [0.15, 0.2) is 48.8 Å². The molecule has 26 heavy (non-hydrogen) atoms. The van der Waals surface area contributed by atoms with Crippen LogP contribution >= 0.6 is 0 Å². The number of hydrogen-bond acceptors (Lipinski definition) is 4. The smallest absolute Gasteiger partial charge is 0.278 e. The molecule has 0 N–H and O–H groups in total. The van der Waals surface area contributed by atoms with Gasteiger partial charge in [-0.25, -0.2) is 4.98 Å². The average Bonchev–Trinajstić information content (AvgIpc) is 3.06. The van der Waals surface area contributed by atoms with Gasteiger partial charge in [0, 0.05) is 24.6 Å². The molecule has 0 aliphatic carbocycles. The van der Waals surface area contributed by atoms with Crippen molar-refractivity contribution in [2.24, 2.45) is 0 Å². The number of benzene rings is 1. The third-order valence-electron chi connectivity index (χ3n) is 3.99. The number of aromatic nitrogens is 2. The largest absolute Gasteiger partial charge is 0.494 e. The molecule has 0 fully saturated rings. The molecule has 6 heteroatoms. The molecule has 0 radical (unpaired) electrons. The van der Waals surface area contributed by atoms with E-state index in [0.717, 1.165) is 17.0 Å². The molecule has 0 unspecified atom stereocenters. The molecule has 1 aromatic carbocycles. The molecular formula is C20H20N4O2. The molecule has 0 spiro atoms. The number of rotatable bonds is 6. The van der Waals surface area contributed by atoms with Crippen molar-refractivity contribution < 1.29 is 9.53 Å². The number of pyridine rings is 1. The van der Waals surface area contributed by atoms with Crippen molar-refractivity contribution in [3.8, 4) is 11.8 Å². The van der Waals surface area contributed by atoms with Crippen LogP contribution in [-0.2, 0) is 0 Å². The molecule has 0 atom stereocenters. The van der Waals surface area contributed by atoms with Gasteiger partial charge in [-0.05, 0) is 55.8 Å². The van der Waals surface area contributed by atoms with E-state index in [4.69, 9.17) is 10.00 Å². The Hall–Kier alpha value is -3.33. The molecule has 1 amide bonds. The molecule has 6 nitrogen and oxygen atoms in total. The van der Waals surface area contributed by atoms with Gasteiger partial charge < -0.3 is 14.0 Å². The van der Waals surface area contributed by atoms with E-state index in [9.17, 15) is 4.79 Å². The van der Waals surface area contributed by atoms with E-state index >= 15 is 0 Å². The molecule has 2 aromatic heterocycles. The molecule has 132 valence electrons. The second kappa shape index (κ2) is 7.70. The normalized spacial score (nSPS) is 10.5. The Bertz CT molecular complexity index is 954. The van der Waals surface area contributed by atoms with Gasteiger partial charge in [0.2, 0.25) is 0 Å². The summed E-state index contributed by atoms with van der Waals surface area (Å²) in [7, 11) is 0. The van der Waals surface area contributed by atoms with Crippen molar-refractivity contribution in [1.82, 2.24) is 9.38 Å². The molecule has 0 saturated heterocycles. The highest BCUT2D eigenvalue weighted by Gasteiger charge is 2.20. The Kier molecular flexibility index (Phi) is 5.18. The van der Waals surface area contributed by atoms with Gasteiger partial charge >= 0.3 is 0 Å². The average molecular weight is 348 g/mol. The first-order valence-corrected chi connectivity index (χ1v) is 8.49. The molecule has 3 rings (SSSR count). The first-order chi connectivity index (χ1) is 12.6. The van der Waals surface area contributed by atoms with Crippen LogP contribution in [0.4, 0.5) is 5.69 Å². The van der Waals surface area contributed by atoms with Gasteiger partial charge in [0.1, 0.15) is 17.1 Å². The highest BCUT2D eigenvalue weighted by atomic mass is 16.5. The number of fused-ring (bicyclic) bond motifs is 1. The molecular weight excluding hydrogens is 328 g/mol. The van der Waals surface area contributed by atoms with Crippen LogP contribution in [0.2, 0.25) is 0 Å². The van der Waals surface area contributed by atoms with Crippen LogP contribution < -0.4 is 9.64 Å². The van der Waals surface area contributed by atoms with Gasteiger partial charge in [-0.2, -0.15) is 5.26 Å². The van der Waals surface area contributed by atoms with E-state index in [-0.39, 0.29) is 12.3 Å². The second-order valence-corrected chi connectivity index (χ2v) is 5.89. The molecule has 0 bridgehead atoms. The van der Waals surface area contributed by atoms with E-state index < -0.39 is 0 Å². The first kappa shape index (κ1) is 17.5. The highest BCUT2D eigenvalue weighted by molar-refractivity contribution is 6.05. The second-order valence-electron chi connectivity index (χ2n) is 5.89. The predicted molar refractivity (Wildman–Crippen MR) is 99.4 cm³/mol. The highest BCUT2D eigenvalue weighted by Crippen LogP contribution is 2.22. The summed E-state index contributed by atoms with van der Waals surface area (Å²) in [6.07, 6.45) is 3.83. The Labute approximate surface area is 152 Å². The lowest BCUT2D eigenvalue weighted by Crippen LogP contribution is -2.32. The number of carbonyl (C=O) groups is 1. The number of anilines is 1. The zero-order valence-corrected chi connectivity index (χ0v) is 14.8. The van der Waals surface area contributed by atoms with Crippen molar-refractivity contribution in [1.29, 1.82) is 5.26 Å². The molecule has 0 aliphatic rings. The van der Waals surface area contributed by atoms with E-state index in [1.54, 1.807) is 11.1 Å². The monoisotopic (exact) mass is 348 g/mol. The Balaban J connectivity index is 1.92. The summed E-state index contributed by atoms with van der Waals surface area (Å²) in [6, 6.07) is 13.3. The first-order valence-electron chi connectivity index (χ1n) is 8.49. The van der Waals surface area contributed by atoms with Crippen LogP contribution in [-0.4, -0.2) is 28.4 Å². The third kappa shape index (κ3) is 3.67. The van der Waals surface area contributed by atoms with E-state index in [1.165, 1.54) is 0 Å². The van der Waals surface area contributed by atoms with Crippen LogP contribution in [0.3, 0.4) is 0 Å². The standard InChI is InChI=1S/C20H20N4O2/c1-3-26-17-7-5-16(6-8-17)24(11-4-10-21)20(25)18-14-23-12-9-15(2)13-19(23)22-18/h5-9,12-14H,3-4,11H2,1-2H3. The number of amides is 1. The molecule has 0 aliphatic heterocycles. The quantitative estimate of drug-likeness (QED) is 0.682. The Morgan fingerprint density at radius 3 is 2.77 bits per heavy atom. The Morgan fingerprint density at radius 2 is 2.08 bits per heavy atom. The lowest BCUT2D eigenvalue weighted by Gasteiger charge is -2.21. The van der Waals surface area contributed by atoms with Crippen LogP contribution in [0.25, 0.3) is 5.65 Å². The minimum Gasteiger partial charge on any atom is -0.494 e. The minimum atomic E-state index is -0.231. The van der Waals surface area contributed by atoms with Gasteiger partial charge in [0.25, 0.3) is 5.91 Å². The number of nitriles is 1. The number of ether oxygens (including phenoxy) is 1. The molecule has 3 aromatic rings. The third-order valence-corrected chi connectivity index (χ3v) is 3.99. The summed E-state index contributed by atoms with van der Waals surface area (Å²) in [6.45, 7) is 4.78. The maximum atomic E-state index is 13.0. The number of aryl methyl sites for hydroxylation is 1. The van der Waals surface area contributed by atoms with Gasteiger partial charge in [0.05, 0.1) is 19.1 Å². The van der Waals surface area contributed by atoms with Gasteiger partial charge in [0.15, 0.2) is 0 Å². The Morgan fingerprint density at radius 1 is 1.31 bits per heavy atom. The SMILES string of the molecule is CCOc1ccc(N(CCC#N)C(=O)c2cn3ccc(C)cc3n2)cc1. The fourth-order valence-corrected chi connectivity index (χ4v) is 2.72. The van der Waals surface area contributed by atoms with Crippen LogP contribution in [0, 0.1) is 18.3 Å². The number of carbonyl (C=O) groups excluding carboxylic acids is 1. The lowest BCUT2D eigenvalue weighted by atomic mass is 10.2. The van der Waals surface area contributed by atoms with Crippen molar-refractivity contribution in [3.05, 3.63) is 60.0 Å². The van der Waals surface area contributed by atoms with Gasteiger partial charge in [-0.1, -0.05) is 0 Å². The van der Waals surface area contributed by atoms with E-state index in [0.29, 0.717) is 24.5 Å². The molecule has 0 saturated carbocycles. The van der Waals surface area contributed by atoms with E-state index in [2.05, 4.69) is 11.1 Å². The summed E-state index contributed by atoms with van der Waals surface area (Å²) in [5.41, 5.74) is 2.86. The summed E-state index contributed by atoms with van der Waals surface area (Å²) < 4.78 is 7.27. The van der Waals surface area contributed by atoms with Crippen LogP contribution in [0.1, 0.15) is 29.4 Å². The van der Waals surface area contributed by atoms with Crippen molar-refractivity contribution in [2.45, 2.75) is 20.3 Å². The van der Waals surface area contributed by atoms with Gasteiger partial charge in [-0.15, -0.1) is 0 Å². The summed E-state index contributed by atoms with van der Waals surface area (Å²) in [4.78, 5) is 19.0. The molecule has 2 heterocycles. The minimum absolute atomic E-state index is 0.231. The lowest BCUT2D eigenvalue weighted by molar-refractivity contribution is 0.0983. The summed E-state index contributed by atoms with van der Waals surface area (Å²) >= 11 is 0.